The van der Waals surface area contributed by atoms with Gasteiger partial charge in [-0.1, -0.05) is 6.07 Å². The molecule has 0 atom stereocenters. The van der Waals surface area contributed by atoms with Gasteiger partial charge >= 0.3 is 0 Å². The molecule has 4 heteroatoms. The first-order valence-corrected chi connectivity index (χ1v) is 4.13. The van der Waals surface area contributed by atoms with Crippen LogP contribution >= 0.6 is 23.6 Å². The smallest absolute Gasteiger partial charge is 0.163 e. The van der Waals surface area contributed by atoms with Gasteiger partial charge in [-0.2, -0.15) is 0 Å². The molecule has 0 unspecified atom stereocenters. The minimum Gasteiger partial charge on any atom is -0.376 e. The maximum Gasteiger partial charge on any atom is 0.163 e. The van der Waals surface area contributed by atoms with Crippen molar-refractivity contribution in [1.29, 1.82) is 0 Å². The van der Waals surface area contributed by atoms with Gasteiger partial charge in [0.2, 0.25) is 0 Å². The molecular weight excluding hydrogens is 164 g/mol. The van der Waals surface area contributed by atoms with Crippen LogP contribution in [-0.4, -0.2) is 5.11 Å². The number of thiocarbonyl (C=S) groups is 1. The average molecular weight is 172 g/mol. The number of hydrogen-bond acceptors (Lipinski definition) is 2. The van der Waals surface area contributed by atoms with Crippen LogP contribution in [-0.2, 0) is 6.54 Å². The quantitative estimate of drug-likeness (QED) is 0.656. The van der Waals surface area contributed by atoms with Gasteiger partial charge in [-0.05, 0) is 23.7 Å². The summed E-state index contributed by atoms with van der Waals surface area (Å²) >= 11 is 6.33. The molecule has 1 aromatic heterocycles. The summed E-state index contributed by atoms with van der Waals surface area (Å²) in [5, 5.41) is 5.25. The fourth-order valence-electron chi connectivity index (χ4n) is 0.587. The molecule has 2 nitrogen and oxygen atoms in total. The van der Waals surface area contributed by atoms with E-state index in [1.54, 1.807) is 11.3 Å². The lowest BCUT2D eigenvalue weighted by Gasteiger charge is -1.98. The van der Waals surface area contributed by atoms with E-state index in [2.05, 4.69) is 17.5 Å². The summed E-state index contributed by atoms with van der Waals surface area (Å²) in [7, 11) is 0. The zero-order chi connectivity index (χ0) is 7.40. The van der Waals surface area contributed by atoms with E-state index in [1.165, 1.54) is 4.88 Å². The Morgan fingerprint density at radius 3 is 3.10 bits per heavy atom. The molecule has 54 valence electrons. The number of nitrogens with one attached hydrogen (secondary N) is 1. The fraction of sp³-hybridized carbons (Fsp3) is 0.167. The van der Waals surface area contributed by atoms with E-state index >= 15 is 0 Å². The Bertz CT molecular complexity index is 206. The summed E-state index contributed by atoms with van der Waals surface area (Å²) in [5.41, 5.74) is 5.23. The van der Waals surface area contributed by atoms with Gasteiger partial charge in [-0.25, -0.2) is 0 Å². The summed E-state index contributed by atoms with van der Waals surface area (Å²) in [6.45, 7) is 0.743. The molecule has 0 aromatic carbocycles. The van der Waals surface area contributed by atoms with Crippen LogP contribution in [0.2, 0.25) is 0 Å². The van der Waals surface area contributed by atoms with Gasteiger partial charge in [-0.3, -0.25) is 0 Å². The van der Waals surface area contributed by atoms with Gasteiger partial charge in [0.25, 0.3) is 0 Å². The molecule has 3 N–H and O–H groups in total. The highest BCUT2D eigenvalue weighted by Gasteiger charge is 1.91. The molecule has 0 aliphatic carbocycles. The molecule has 10 heavy (non-hydrogen) atoms. The normalized spacial score (nSPS) is 9.20. The van der Waals surface area contributed by atoms with Gasteiger partial charge in [0, 0.05) is 4.88 Å². The van der Waals surface area contributed by atoms with Crippen molar-refractivity contribution in [3.63, 3.8) is 0 Å². The highest BCUT2D eigenvalue weighted by atomic mass is 32.1. The van der Waals surface area contributed by atoms with E-state index < -0.39 is 0 Å². The zero-order valence-corrected chi connectivity index (χ0v) is 6.97. The topological polar surface area (TPSA) is 38.0 Å². The highest BCUT2D eigenvalue weighted by molar-refractivity contribution is 7.80. The lowest BCUT2D eigenvalue weighted by atomic mass is 10.5. The van der Waals surface area contributed by atoms with Crippen LogP contribution < -0.4 is 11.1 Å². The third kappa shape index (κ3) is 2.33. The highest BCUT2D eigenvalue weighted by Crippen LogP contribution is 2.06. The van der Waals surface area contributed by atoms with Gasteiger partial charge in [-0.15, -0.1) is 11.3 Å². The summed E-state index contributed by atoms with van der Waals surface area (Å²) < 4.78 is 0. The summed E-state index contributed by atoms with van der Waals surface area (Å²) in [6, 6.07) is 4.04. The molecule has 0 radical (unpaired) electrons. The first-order chi connectivity index (χ1) is 4.79. The Balaban J connectivity index is 2.35. The minimum absolute atomic E-state index is 0.355. The predicted molar refractivity (Wildman–Crippen MR) is 47.9 cm³/mol. The van der Waals surface area contributed by atoms with Gasteiger partial charge in [0.15, 0.2) is 5.11 Å². The number of thiophene rings is 1. The molecule has 0 saturated carbocycles. The van der Waals surface area contributed by atoms with Crippen LogP contribution in [0.5, 0.6) is 0 Å². The van der Waals surface area contributed by atoms with E-state index in [-0.39, 0.29) is 0 Å². The van der Waals surface area contributed by atoms with Crippen molar-refractivity contribution in [3.8, 4) is 0 Å². The second kappa shape index (κ2) is 3.53. The van der Waals surface area contributed by atoms with Crippen LogP contribution in [0.4, 0.5) is 0 Å². The van der Waals surface area contributed by atoms with Crippen LogP contribution in [0.3, 0.4) is 0 Å². The molecular formula is C6H8N2S2. The molecule has 0 aliphatic heterocycles. The van der Waals surface area contributed by atoms with Crippen molar-refractivity contribution < 1.29 is 0 Å². The molecule has 1 rings (SSSR count). The van der Waals surface area contributed by atoms with E-state index in [9.17, 15) is 0 Å². The summed E-state index contributed by atoms with van der Waals surface area (Å²) in [5.74, 6) is 0. The van der Waals surface area contributed by atoms with Crippen LogP contribution in [0, 0.1) is 0 Å². The summed E-state index contributed by atoms with van der Waals surface area (Å²) in [4.78, 5) is 1.24. The molecule has 0 saturated heterocycles. The van der Waals surface area contributed by atoms with Gasteiger partial charge in [0.05, 0.1) is 6.54 Å². The first-order valence-electron chi connectivity index (χ1n) is 2.85. The summed E-state index contributed by atoms with van der Waals surface area (Å²) in [6.07, 6.45) is 0. The van der Waals surface area contributed by atoms with E-state index in [0.29, 0.717) is 5.11 Å². The lowest BCUT2D eigenvalue weighted by Crippen LogP contribution is -2.27. The molecule has 0 spiro atoms. The molecule has 1 aromatic rings. The van der Waals surface area contributed by atoms with E-state index in [4.69, 9.17) is 5.73 Å². The standard InChI is InChI=1S/C6H8N2S2/c7-6(9)8-4-5-2-1-3-10-5/h1-3H,4H2,(H3,7,8,9). The third-order valence-corrected chi connectivity index (χ3v) is 2.04. The Morgan fingerprint density at radius 1 is 1.80 bits per heavy atom. The Labute approximate surface area is 69.1 Å². The van der Waals surface area contributed by atoms with Crippen LogP contribution in [0.1, 0.15) is 4.88 Å². The average Bonchev–Trinajstić information content (AvgIpc) is 2.34. The molecule has 0 bridgehead atoms. The Morgan fingerprint density at radius 2 is 2.60 bits per heavy atom. The molecule has 1 heterocycles. The number of hydrogen-bond donors (Lipinski definition) is 2. The monoisotopic (exact) mass is 172 g/mol. The zero-order valence-electron chi connectivity index (χ0n) is 5.33. The largest absolute Gasteiger partial charge is 0.376 e. The van der Waals surface area contributed by atoms with Crippen molar-refractivity contribution in [2.24, 2.45) is 5.73 Å². The third-order valence-electron chi connectivity index (χ3n) is 1.02. The van der Waals surface area contributed by atoms with Crippen LogP contribution in [0.25, 0.3) is 0 Å². The molecule has 0 aliphatic rings. The van der Waals surface area contributed by atoms with Crippen molar-refractivity contribution in [1.82, 2.24) is 5.32 Å². The maximum atomic E-state index is 5.23. The maximum absolute atomic E-state index is 5.23. The van der Waals surface area contributed by atoms with Crippen LogP contribution in [0.15, 0.2) is 17.5 Å². The lowest BCUT2D eigenvalue weighted by molar-refractivity contribution is 0.940. The van der Waals surface area contributed by atoms with Gasteiger partial charge in [0.1, 0.15) is 0 Å². The van der Waals surface area contributed by atoms with Gasteiger partial charge < -0.3 is 11.1 Å². The molecule has 0 amide bonds. The van der Waals surface area contributed by atoms with E-state index in [1.807, 2.05) is 17.5 Å². The Hall–Kier alpha value is -0.610. The molecule has 0 fully saturated rings. The first kappa shape index (κ1) is 7.50. The minimum atomic E-state index is 0.355. The second-order valence-electron chi connectivity index (χ2n) is 1.80. The SMILES string of the molecule is NC(=S)NCc1cccs1. The second-order valence-corrected chi connectivity index (χ2v) is 3.27. The van der Waals surface area contributed by atoms with E-state index in [0.717, 1.165) is 6.54 Å². The Kier molecular flexibility index (Phi) is 2.65. The number of rotatable bonds is 2. The van der Waals surface area contributed by atoms with Crippen molar-refractivity contribution in [3.05, 3.63) is 22.4 Å². The number of nitrogens with two attached hydrogens (primary N) is 1. The van der Waals surface area contributed by atoms with Crippen molar-refractivity contribution in [2.75, 3.05) is 0 Å². The van der Waals surface area contributed by atoms with Crippen molar-refractivity contribution in [2.45, 2.75) is 6.54 Å². The fourth-order valence-corrected chi connectivity index (χ4v) is 1.30. The predicted octanol–water partition coefficient (Wildman–Crippen LogP) is 1.08. The van der Waals surface area contributed by atoms with Crippen molar-refractivity contribution >= 4 is 28.7 Å².